The molecule has 1 unspecified atom stereocenters. The maximum absolute atomic E-state index is 12.9. The number of aromatic amines is 1. The van der Waals surface area contributed by atoms with E-state index in [-0.39, 0.29) is 5.91 Å². The Morgan fingerprint density at radius 3 is 2.59 bits per heavy atom. The average molecular weight is 378 g/mol. The van der Waals surface area contributed by atoms with E-state index in [0.29, 0.717) is 0 Å². The Morgan fingerprint density at radius 1 is 0.931 bits per heavy atom. The summed E-state index contributed by atoms with van der Waals surface area (Å²) in [5.74, 6) is -0.511. The minimum Gasteiger partial charge on any atom is -0.345 e. The second-order valence-corrected chi connectivity index (χ2v) is 6.89. The van der Waals surface area contributed by atoms with Crippen molar-refractivity contribution in [2.75, 3.05) is 5.32 Å². The molecular weight excluding hydrogens is 360 g/mol. The maximum Gasteiger partial charge on any atom is 0.238 e. The van der Waals surface area contributed by atoms with E-state index in [9.17, 15) is 4.79 Å². The molecule has 5 nitrogen and oxygen atoms in total. The molecule has 1 amide bonds. The Morgan fingerprint density at radius 2 is 1.76 bits per heavy atom. The molecule has 1 aliphatic heterocycles. The highest BCUT2D eigenvalue weighted by Crippen LogP contribution is 2.36. The number of nitrogens with one attached hydrogen (secondary N) is 2. The van der Waals surface area contributed by atoms with E-state index in [1.54, 1.807) is 12.5 Å². The number of para-hydroxylation sites is 1. The fraction of sp³-hybridized carbons (Fsp3) is 0.0417. The molecule has 4 aromatic rings. The van der Waals surface area contributed by atoms with Crippen LogP contribution >= 0.6 is 0 Å². The molecule has 0 saturated carbocycles. The Labute approximate surface area is 168 Å². The smallest absolute Gasteiger partial charge is 0.238 e. The predicted octanol–water partition coefficient (Wildman–Crippen LogP) is 4.93. The first-order valence-corrected chi connectivity index (χ1v) is 9.42. The molecule has 29 heavy (non-hydrogen) atoms. The Bertz CT molecular complexity index is 1200. The van der Waals surface area contributed by atoms with Crippen LogP contribution < -0.4 is 5.32 Å². The van der Waals surface area contributed by atoms with Gasteiger partial charge in [-0.25, -0.2) is 4.98 Å². The van der Waals surface area contributed by atoms with Gasteiger partial charge in [0, 0.05) is 11.3 Å². The van der Waals surface area contributed by atoms with Crippen LogP contribution in [0, 0.1) is 0 Å². The quantitative estimate of drug-likeness (QED) is 0.494. The van der Waals surface area contributed by atoms with Gasteiger partial charge in [0.1, 0.15) is 5.92 Å². The van der Waals surface area contributed by atoms with Crippen molar-refractivity contribution < 1.29 is 4.79 Å². The van der Waals surface area contributed by atoms with Crippen molar-refractivity contribution in [1.82, 2.24) is 9.97 Å². The summed E-state index contributed by atoms with van der Waals surface area (Å²) in [5.41, 5.74) is 6.15. The monoisotopic (exact) mass is 378 g/mol. The highest BCUT2D eigenvalue weighted by atomic mass is 16.2. The first kappa shape index (κ1) is 17.1. The average Bonchev–Trinajstić information content (AvgIpc) is 3.41. The van der Waals surface area contributed by atoms with Crippen molar-refractivity contribution in [3.63, 3.8) is 0 Å². The summed E-state index contributed by atoms with van der Waals surface area (Å²) in [7, 11) is 0. The number of H-pyrrole nitrogens is 1. The molecule has 1 atom stereocenters. The molecule has 1 aliphatic rings. The molecule has 1 aromatic heterocycles. The maximum atomic E-state index is 12.9. The zero-order valence-corrected chi connectivity index (χ0v) is 15.5. The van der Waals surface area contributed by atoms with Gasteiger partial charge in [0.05, 0.1) is 29.6 Å². The van der Waals surface area contributed by atoms with Crippen LogP contribution in [0.25, 0.3) is 11.3 Å². The lowest BCUT2D eigenvalue weighted by molar-refractivity contribution is -0.115. The van der Waals surface area contributed by atoms with Gasteiger partial charge in [-0.3, -0.25) is 9.79 Å². The second kappa shape index (κ2) is 7.20. The van der Waals surface area contributed by atoms with Gasteiger partial charge >= 0.3 is 0 Å². The van der Waals surface area contributed by atoms with Gasteiger partial charge in [0.25, 0.3) is 0 Å². The summed E-state index contributed by atoms with van der Waals surface area (Å²) < 4.78 is 0. The van der Waals surface area contributed by atoms with Gasteiger partial charge in [0.15, 0.2) is 0 Å². The zero-order chi connectivity index (χ0) is 19.6. The summed E-state index contributed by atoms with van der Waals surface area (Å²) in [4.78, 5) is 25.0. The van der Waals surface area contributed by atoms with E-state index >= 15 is 0 Å². The third-order valence-corrected chi connectivity index (χ3v) is 5.04. The molecule has 5 rings (SSSR count). The Kier molecular flexibility index (Phi) is 4.26. The topological polar surface area (TPSA) is 70.1 Å². The largest absolute Gasteiger partial charge is 0.345 e. The number of amides is 1. The van der Waals surface area contributed by atoms with Crippen molar-refractivity contribution in [1.29, 1.82) is 0 Å². The molecular formula is C24H18N4O. The van der Waals surface area contributed by atoms with Crippen LogP contribution in [0.1, 0.15) is 17.0 Å². The third-order valence-electron chi connectivity index (χ3n) is 5.04. The number of aromatic nitrogens is 2. The van der Waals surface area contributed by atoms with Crippen molar-refractivity contribution in [2.24, 2.45) is 4.99 Å². The van der Waals surface area contributed by atoms with E-state index in [1.807, 2.05) is 78.9 Å². The van der Waals surface area contributed by atoms with E-state index in [0.717, 1.165) is 39.5 Å². The van der Waals surface area contributed by atoms with Gasteiger partial charge in [-0.2, -0.15) is 0 Å². The number of nitrogens with zero attached hydrogens (tertiary/aromatic N) is 2. The van der Waals surface area contributed by atoms with Crippen LogP contribution in [0.2, 0.25) is 0 Å². The van der Waals surface area contributed by atoms with E-state index < -0.39 is 5.92 Å². The molecule has 0 spiro atoms. The van der Waals surface area contributed by atoms with Crippen molar-refractivity contribution in [3.8, 4) is 11.3 Å². The molecule has 0 bridgehead atoms. The highest BCUT2D eigenvalue weighted by molar-refractivity contribution is 6.24. The minimum absolute atomic E-state index is 0.0569. The molecule has 2 heterocycles. The number of hydrogen-bond donors (Lipinski definition) is 2. The number of anilines is 1. The molecule has 0 radical (unpaired) electrons. The molecule has 2 N–H and O–H groups in total. The van der Waals surface area contributed by atoms with E-state index in [4.69, 9.17) is 4.99 Å². The predicted molar refractivity (Wildman–Crippen MR) is 114 cm³/mol. The molecule has 140 valence electrons. The fourth-order valence-corrected chi connectivity index (χ4v) is 3.68. The third kappa shape index (κ3) is 3.23. The number of imidazole rings is 1. The number of rotatable bonds is 4. The highest BCUT2D eigenvalue weighted by Gasteiger charge is 2.35. The van der Waals surface area contributed by atoms with Crippen LogP contribution in [-0.2, 0) is 4.79 Å². The first-order chi connectivity index (χ1) is 14.3. The Balaban J connectivity index is 1.65. The van der Waals surface area contributed by atoms with E-state index in [2.05, 4.69) is 15.3 Å². The fourth-order valence-electron chi connectivity index (χ4n) is 3.68. The summed E-state index contributed by atoms with van der Waals surface area (Å²) in [6, 6.07) is 25.6. The standard InChI is InChI=1S/C24H18N4O/c29-24-22(19-11-4-5-12-20(19)28-24)23(16-7-2-1-3-8-16)27-18-10-6-9-17(13-18)21-14-25-15-26-21/h1-15,22H,(H,25,26)(H,28,29). The summed E-state index contributed by atoms with van der Waals surface area (Å²) in [5, 5.41) is 2.98. The normalized spacial score (nSPS) is 15.8. The number of benzene rings is 3. The Hall–Kier alpha value is -3.99. The molecule has 0 saturated heterocycles. The van der Waals surface area contributed by atoms with Gasteiger partial charge in [-0.05, 0) is 29.3 Å². The van der Waals surface area contributed by atoms with Crippen LogP contribution in [0.5, 0.6) is 0 Å². The number of carbonyl (C=O) groups is 1. The van der Waals surface area contributed by atoms with Crippen LogP contribution in [0.4, 0.5) is 11.4 Å². The van der Waals surface area contributed by atoms with Crippen molar-refractivity contribution in [2.45, 2.75) is 5.92 Å². The lowest BCUT2D eigenvalue weighted by Gasteiger charge is -2.14. The number of fused-ring (bicyclic) bond motifs is 1. The molecule has 0 fully saturated rings. The summed E-state index contributed by atoms with van der Waals surface area (Å²) >= 11 is 0. The van der Waals surface area contributed by atoms with Crippen LogP contribution in [0.15, 0.2) is 96.4 Å². The van der Waals surface area contributed by atoms with Crippen molar-refractivity contribution in [3.05, 3.63) is 103 Å². The minimum atomic E-state index is -0.454. The summed E-state index contributed by atoms with van der Waals surface area (Å²) in [6.45, 7) is 0. The first-order valence-electron chi connectivity index (χ1n) is 9.42. The lowest BCUT2D eigenvalue weighted by atomic mass is 9.90. The van der Waals surface area contributed by atoms with Crippen LogP contribution in [0.3, 0.4) is 0 Å². The lowest BCUT2D eigenvalue weighted by Crippen LogP contribution is -2.21. The SMILES string of the molecule is O=C1Nc2ccccc2C1C(=Nc1cccc(-c2cnc[nH]2)c1)c1ccccc1. The van der Waals surface area contributed by atoms with Gasteiger partial charge in [0.2, 0.25) is 5.91 Å². The number of aliphatic imine (C=N–C) groups is 1. The molecule has 3 aromatic carbocycles. The van der Waals surface area contributed by atoms with Gasteiger partial charge in [-0.1, -0.05) is 60.7 Å². The number of hydrogen-bond acceptors (Lipinski definition) is 3. The van der Waals surface area contributed by atoms with Gasteiger partial charge in [-0.15, -0.1) is 0 Å². The second-order valence-electron chi connectivity index (χ2n) is 6.89. The summed E-state index contributed by atoms with van der Waals surface area (Å²) in [6.07, 6.45) is 3.43. The zero-order valence-electron chi connectivity index (χ0n) is 15.5. The van der Waals surface area contributed by atoms with Crippen molar-refractivity contribution >= 4 is 23.0 Å². The number of carbonyl (C=O) groups excluding carboxylic acids is 1. The molecule has 0 aliphatic carbocycles. The van der Waals surface area contributed by atoms with Gasteiger partial charge < -0.3 is 10.3 Å². The van der Waals surface area contributed by atoms with E-state index in [1.165, 1.54) is 0 Å². The molecule has 5 heteroatoms. The van der Waals surface area contributed by atoms with Crippen LogP contribution in [-0.4, -0.2) is 21.6 Å².